The third-order valence-corrected chi connectivity index (χ3v) is 4.39. The zero-order chi connectivity index (χ0) is 12.3. The first-order valence-electron chi connectivity index (χ1n) is 7.28. The van der Waals surface area contributed by atoms with E-state index < -0.39 is 0 Å². The van der Waals surface area contributed by atoms with Crippen molar-refractivity contribution in [1.82, 2.24) is 10.2 Å². The van der Waals surface area contributed by atoms with Crippen LogP contribution in [-0.4, -0.2) is 49.6 Å². The first-order valence-corrected chi connectivity index (χ1v) is 8.68. The average Bonchev–Trinajstić information content (AvgIpc) is 2.38. The minimum atomic E-state index is 0.981. The number of hydrogen-bond donors (Lipinski definition) is 1. The second-order valence-corrected chi connectivity index (χ2v) is 6.13. The normalized spacial score (nSPS) is 17.8. The Balaban J connectivity index is 2.05. The molecule has 0 heterocycles. The van der Waals surface area contributed by atoms with Crippen molar-refractivity contribution in [3.8, 4) is 0 Å². The average molecular weight is 258 g/mol. The Labute approximate surface area is 112 Å². The molecule has 2 nitrogen and oxygen atoms in total. The van der Waals surface area contributed by atoms with Gasteiger partial charge in [-0.25, -0.2) is 0 Å². The predicted octanol–water partition coefficient (Wildman–Crippen LogP) is 2.84. The van der Waals surface area contributed by atoms with Gasteiger partial charge in [0.05, 0.1) is 0 Å². The van der Waals surface area contributed by atoms with Crippen molar-refractivity contribution in [3.63, 3.8) is 0 Å². The maximum Gasteiger partial charge on any atom is 0.0107 e. The lowest BCUT2D eigenvalue weighted by molar-refractivity contribution is 0.209. The Morgan fingerprint density at radius 2 is 1.94 bits per heavy atom. The monoisotopic (exact) mass is 258 g/mol. The molecule has 1 saturated carbocycles. The standard InChI is InChI=1S/C14H30N2S/c1-3-16(11-9-15-10-12-17-2)13-14-7-5-4-6-8-14/h14-15H,3-13H2,1-2H3. The van der Waals surface area contributed by atoms with Gasteiger partial charge >= 0.3 is 0 Å². The summed E-state index contributed by atoms with van der Waals surface area (Å²) in [6, 6.07) is 0. The fourth-order valence-electron chi connectivity index (χ4n) is 2.65. The number of nitrogens with one attached hydrogen (secondary N) is 1. The van der Waals surface area contributed by atoms with Crippen LogP contribution < -0.4 is 5.32 Å². The van der Waals surface area contributed by atoms with E-state index in [-0.39, 0.29) is 0 Å². The molecular formula is C14H30N2S. The number of rotatable bonds is 9. The lowest BCUT2D eigenvalue weighted by Crippen LogP contribution is -2.36. The van der Waals surface area contributed by atoms with Crippen LogP contribution in [0, 0.1) is 5.92 Å². The largest absolute Gasteiger partial charge is 0.315 e. The highest BCUT2D eigenvalue weighted by molar-refractivity contribution is 7.98. The van der Waals surface area contributed by atoms with Gasteiger partial charge in [0, 0.05) is 31.9 Å². The van der Waals surface area contributed by atoms with Crippen molar-refractivity contribution in [1.29, 1.82) is 0 Å². The van der Waals surface area contributed by atoms with Gasteiger partial charge in [0.15, 0.2) is 0 Å². The molecule has 0 amide bonds. The van der Waals surface area contributed by atoms with Crippen LogP contribution >= 0.6 is 11.8 Å². The third kappa shape index (κ3) is 7.32. The maximum atomic E-state index is 3.53. The van der Waals surface area contributed by atoms with E-state index in [1.807, 2.05) is 11.8 Å². The van der Waals surface area contributed by atoms with Gasteiger partial charge in [-0.2, -0.15) is 11.8 Å². The van der Waals surface area contributed by atoms with Crippen LogP contribution in [0.3, 0.4) is 0 Å². The molecule has 0 radical (unpaired) electrons. The van der Waals surface area contributed by atoms with E-state index in [4.69, 9.17) is 0 Å². The smallest absolute Gasteiger partial charge is 0.0107 e. The molecule has 102 valence electrons. The molecule has 1 aliphatic carbocycles. The molecule has 0 atom stereocenters. The van der Waals surface area contributed by atoms with Gasteiger partial charge in [0.25, 0.3) is 0 Å². The molecule has 0 saturated heterocycles. The summed E-state index contributed by atoms with van der Waals surface area (Å²) < 4.78 is 0. The van der Waals surface area contributed by atoms with Gasteiger partial charge in [-0.1, -0.05) is 26.2 Å². The molecule has 0 unspecified atom stereocenters. The zero-order valence-electron chi connectivity index (χ0n) is 11.7. The molecule has 1 aliphatic rings. The van der Waals surface area contributed by atoms with Crippen LogP contribution in [0.5, 0.6) is 0 Å². The van der Waals surface area contributed by atoms with Crippen LogP contribution in [0.4, 0.5) is 0 Å². The highest BCUT2D eigenvalue weighted by atomic mass is 32.2. The van der Waals surface area contributed by atoms with Crippen LogP contribution in [0.2, 0.25) is 0 Å². The fraction of sp³-hybridized carbons (Fsp3) is 1.00. The van der Waals surface area contributed by atoms with Crippen molar-refractivity contribution in [2.45, 2.75) is 39.0 Å². The number of nitrogens with zero attached hydrogens (tertiary/aromatic N) is 1. The molecule has 1 fully saturated rings. The van der Waals surface area contributed by atoms with E-state index in [1.54, 1.807) is 0 Å². The van der Waals surface area contributed by atoms with Crippen molar-refractivity contribution in [2.24, 2.45) is 5.92 Å². The van der Waals surface area contributed by atoms with Crippen molar-refractivity contribution < 1.29 is 0 Å². The summed E-state index contributed by atoms with van der Waals surface area (Å²) in [7, 11) is 0. The summed E-state index contributed by atoms with van der Waals surface area (Å²) in [5.41, 5.74) is 0. The van der Waals surface area contributed by atoms with Crippen LogP contribution in [0.25, 0.3) is 0 Å². The molecule has 0 aliphatic heterocycles. The Morgan fingerprint density at radius 1 is 1.18 bits per heavy atom. The number of thioether (sulfide) groups is 1. The van der Waals surface area contributed by atoms with Gasteiger partial charge in [-0.3, -0.25) is 0 Å². The lowest BCUT2D eigenvalue weighted by atomic mass is 9.89. The van der Waals surface area contributed by atoms with Gasteiger partial charge in [-0.15, -0.1) is 0 Å². The molecule has 3 heteroatoms. The summed E-state index contributed by atoms with van der Waals surface area (Å²) >= 11 is 1.92. The van der Waals surface area contributed by atoms with Gasteiger partial charge in [0.1, 0.15) is 0 Å². The Morgan fingerprint density at radius 3 is 2.59 bits per heavy atom. The van der Waals surface area contributed by atoms with E-state index in [2.05, 4.69) is 23.4 Å². The van der Waals surface area contributed by atoms with E-state index in [1.165, 1.54) is 57.5 Å². The highest BCUT2D eigenvalue weighted by Crippen LogP contribution is 2.24. The summed E-state index contributed by atoms with van der Waals surface area (Å²) in [5.74, 6) is 2.21. The van der Waals surface area contributed by atoms with Gasteiger partial charge in [0.2, 0.25) is 0 Å². The first kappa shape index (κ1) is 15.3. The zero-order valence-corrected chi connectivity index (χ0v) is 12.5. The predicted molar refractivity (Wildman–Crippen MR) is 79.9 cm³/mol. The van der Waals surface area contributed by atoms with Gasteiger partial charge in [-0.05, 0) is 31.6 Å². The van der Waals surface area contributed by atoms with Crippen LogP contribution in [-0.2, 0) is 0 Å². The molecule has 1 N–H and O–H groups in total. The van der Waals surface area contributed by atoms with E-state index in [0.29, 0.717) is 0 Å². The van der Waals surface area contributed by atoms with Crippen molar-refractivity contribution in [2.75, 3.05) is 44.7 Å². The third-order valence-electron chi connectivity index (χ3n) is 3.78. The second kappa shape index (κ2) is 10.2. The molecule has 0 aromatic heterocycles. The lowest BCUT2D eigenvalue weighted by Gasteiger charge is -2.29. The summed E-state index contributed by atoms with van der Waals surface area (Å²) in [5, 5.41) is 3.53. The molecular weight excluding hydrogens is 228 g/mol. The molecule has 0 aromatic carbocycles. The van der Waals surface area contributed by atoms with E-state index >= 15 is 0 Å². The Hall–Kier alpha value is 0.270. The van der Waals surface area contributed by atoms with Gasteiger partial charge < -0.3 is 10.2 Å². The van der Waals surface area contributed by atoms with Crippen LogP contribution in [0.15, 0.2) is 0 Å². The summed E-state index contributed by atoms with van der Waals surface area (Å²) in [6.07, 6.45) is 9.51. The van der Waals surface area contributed by atoms with Crippen molar-refractivity contribution >= 4 is 11.8 Å². The highest BCUT2D eigenvalue weighted by Gasteiger charge is 2.15. The number of likely N-dealkylation sites (N-methyl/N-ethyl adjacent to an activating group) is 1. The van der Waals surface area contributed by atoms with E-state index in [0.717, 1.165) is 19.0 Å². The minimum absolute atomic E-state index is 0.981. The Bertz CT molecular complexity index is 170. The quantitative estimate of drug-likeness (QED) is 0.640. The molecule has 0 aromatic rings. The maximum absolute atomic E-state index is 3.53. The molecule has 17 heavy (non-hydrogen) atoms. The van der Waals surface area contributed by atoms with E-state index in [9.17, 15) is 0 Å². The van der Waals surface area contributed by atoms with Crippen molar-refractivity contribution in [3.05, 3.63) is 0 Å². The summed E-state index contributed by atoms with van der Waals surface area (Å²) in [6.45, 7) is 8.37. The number of hydrogen-bond acceptors (Lipinski definition) is 3. The second-order valence-electron chi connectivity index (χ2n) is 5.14. The summed E-state index contributed by atoms with van der Waals surface area (Å²) in [4.78, 5) is 2.63. The van der Waals surface area contributed by atoms with Crippen LogP contribution in [0.1, 0.15) is 39.0 Å². The topological polar surface area (TPSA) is 15.3 Å². The first-order chi connectivity index (χ1) is 8.36. The molecule has 0 spiro atoms. The minimum Gasteiger partial charge on any atom is -0.315 e. The molecule has 0 bridgehead atoms. The fourth-order valence-corrected chi connectivity index (χ4v) is 3.00. The Kier molecular flexibility index (Phi) is 9.21. The molecule has 1 rings (SSSR count). The SMILES string of the molecule is CCN(CCNCCSC)CC1CCCCC1.